The number of H-pyrrole nitrogens is 1. The molecule has 0 unspecified atom stereocenters. The van der Waals surface area contributed by atoms with E-state index < -0.39 is 0 Å². The number of phenols is 1. The van der Waals surface area contributed by atoms with Crippen molar-refractivity contribution in [2.45, 2.75) is 6.42 Å². The third kappa shape index (κ3) is 4.13. The van der Waals surface area contributed by atoms with E-state index in [1.165, 1.54) is 5.56 Å². The van der Waals surface area contributed by atoms with E-state index in [2.05, 4.69) is 21.6 Å². The van der Waals surface area contributed by atoms with E-state index in [4.69, 9.17) is 9.72 Å². The van der Waals surface area contributed by atoms with Crippen LogP contribution in [-0.2, 0) is 6.42 Å². The molecule has 1 amide bonds. The lowest BCUT2D eigenvalue weighted by Gasteiger charge is -2.27. The van der Waals surface area contributed by atoms with E-state index in [1.54, 1.807) is 24.3 Å². The molecule has 2 aliphatic rings. The average Bonchev–Trinajstić information content (AvgIpc) is 3.54. The number of fused-ring (bicyclic) bond motifs is 2. The van der Waals surface area contributed by atoms with E-state index in [1.807, 2.05) is 35.3 Å². The standard InChI is InChI=1S/C27H25N5O3/c33-20-5-3-18(4-6-20)23-16-21(27(34)32-12-10-28-11-13-32)25-22(30-31-26(25)29-23)7-1-17-2-8-24-19(15-17)9-14-35-24/h1-8,15-16,28,33H,9-14H2,(H,29,30,31)/b7-1+. The van der Waals surface area contributed by atoms with Gasteiger partial charge in [-0.05, 0) is 59.7 Å². The lowest BCUT2D eigenvalue weighted by atomic mass is 10.0. The summed E-state index contributed by atoms with van der Waals surface area (Å²) >= 11 is 0. The minimum Gasteiger partial charge on any atom is -0.508 e. The minimum atomic E-state index is -0.0374. The van der Waals surface area contributed by atoms with Crippen molar-refractivity contribution < 1.29 is 14.6 Å². The van der Waals surface area contributed by atoms with Crippen LogP contribution < -0.4 is 10.1 Å². The number of hydrogen-bond acceptors (Lipinski definition) is 6. The molecule has 2 aromatic carbocycles. The summed E-state index contributed by atoms with van der Waals surface area (Å²) in [6.45, 7) is 3.56. The van der Waals surface area contributed by atoms with Crippen LogP contribution in [0.2, 0.25) is 0 Å². The van der Waals surface area contributed by atoms with Crippen LogP contribution >= 0.6 is 0 Å². The molecule has 0 radical (unpaired) electrons. The van der Waals surface area contributed by atoms with Crippen LogP contribution in [0, 0.1) is 0 Å². The molecule has 1 saturated heterocycles. The zero-order chi connectivity index (χ0) is 23.8. The maximum atomic E-state index is 13.7. The number of piperazine rings is 1. The van der Waals surface area contributed by atoms with Crippen molar-refractivity contribution in [2.24, 2.45) is 0 Å². The molecule has 2 aliphatic heterocycles. The molecule has 0 bridgehead atoms. The molecule has 35 heavy (non-hydrogen) atoms. The SMILES string of the molecule is O=C(c1cc(-c2ccc(O)cc2)nc2n[nH]c(/C=C/c3ccc4c(c3)CCO4)c12)N1CCNCC1. The summed E-state index contributed by atoms with van der Waals surface area (Å²) in [5.74, 6) is 1.09. The number of rotatable bonds is 4. The van der Waals surface area contributed by atoms with E-state index >= 15 is 0 Å². The van der Waals surface area contributed by atoms with Crippen LogP contribution in [0.5, 0.6) is 11.5 Å². The Hall–Kier alpha value is -4.17. The number of hydrogen-bond donors (Lipinski definition) is 3. The summed E-state index contributed by atoms with van der Waals surface area (Å²) in [4.78, 5) is 20.3. The number of amides is 1. The number of carbonyl (C=O) groups excluding carboxylic acids is 1. The molecule has 0 aliphatic carbocycles. The van der Waals surface area contributed by atoms with Crippen molar-refractivity contribution in [1.29, 1.82) is 0 Å². The predicted molar refractivity (Wildman–Crippen MR) is 134 cm³/mol. The van der Waals surface area contributed by atoms with Gasteiger partial charge in [0.1, 0.15) is 11.5 Å². The van der Waals surface area contributed by atoms with Gasteiger partial charge in [0, 0.05) is 38.2 Å². The first-order valence-electron chi connectivity index (χ1n) is 11.8. The molecular weight excluding hydrogens is 442 g/mol. The van der Waals surface area contributed by atoms with Gasteiger partial charge in [-0.15, -0.1) is 0 Å². The molecule has 0 saturated carbocycles. The molecule has 3 N–H and O–H groups in total. The minimum absolute atomic E-state index is 0.0374. The van der Waals surface area contributed by atoms with Crippen LogP contribution in [0.4, 0.5) is 0 Å². The number of nitrogens with one attached hydrogen (secondary N) is 2. The van der Waals surface area contributed by atoms with Gasteiger partial charge in [-0.25, -0.2) is 4.98 Å². The van der Waals surface area contributed by atoms with Crippen molar-refractivity contribution in [1.82, 2.24) is 25.4 Å². The summed E-state index contributed by atoms with van der Waals surface area (Å²) in [6, 6.07) is 14.8. The zero-order valence-corrected chi connectivity index (χ0v) is 19.1. The van der Waals surface area contributed by atoms with Gasteiger partial charge in [0.05, 0.1) is 28.9 Å². The van der Waals surface area contributed by atoms with Crippen LogP contribution in [0.15, 0.2) is 48.5 Å². The molecule has 4 heterocycles. The third-order valence-electron chi connectivity index (χ3n) is 6.51. The van der Waals surface area contributed by atoms with Gasteiger partial charge < -0.3 is 20.1 Å². The first kappa shape index (κ1) is 21.4. The molecule has 6 rings (SSSR count). The number of aromatic hydroxyl groups is 1. The van der Waals surface area contributed by atoms with Crippen molar-refractivity contribution >= 4 is 29.1 Å². The Bertz CT molecular complexity index is 1440. The molecule has 1 fully saturated rings. The van der Waals surface area contributed by atoms with Gasteiger partial charge in [0.2, 0.25) is 0 Å². The van der Waals surface area contributed by atoms with Crippen LogP contribution in [0.3, 0.4) is 0 Å². The largest absolute Gasteiger partial charge is 0.508 e. The summed E-state index contributed by atoms with van der Waals surface area (Å²) < 4.78 is 5.61. The Morgan fingerprint density at radius 2 is 1.89 bits per heavy atom. The quantitative estimate of drug-likeness (QED) is 0.425. The molecule has 0 atom stereocenters. The second kappa shape index (κ2) is 8.88. The molecule has 8 heteroatoms. The summed E-state index contributed by atoms with van der Waals surface area (Å²) in [5.41, 5.74) is 5.49. The van der Waals surface area contributed by atoms with Gasteiger partial charge in [0.25, 0.3) is 5.91 Å². The molecule has 176 valence electrons. The lowest BCUT2D eigenvalue weighted by Crippen LogP contribution is -2.46. The number of benzene rings is 2. The third-order valence-corrected chi connectivity index (χ3v) is 6.51. The fraction of sp³-hybridized carbons (Fsp3) is 0.222. The number of aromatic amines is 1. The smallest absolute Gasteiger partial charge is 0.254 e. The zero-order valence-electron chi connectivity index (χ0n) is 19.1. The normalized spacial score (nSPS) is 15.5. The van der Waals surface area contributed by atoms with Crippen molar-refractivity contribution in [3.05, 3.63) is 70.9 Å². The molecule has 4 aromatic rings. The highest BCUT2D eigenvalue weighted by Crippen LogP contribution is 2.30. The van der Waals surface area contributed by atoms with Gasteiger partial charge in [0.15, 0.2) is 5.65 Å². The first-order chi connectivity index (χ1) is 17.2. The highest BCUT2D eigenvalue weighted by molar-refractivity contribution is 6.09. The van der Waals surface area contributed by atoms with Crippen LogP contribution in [-0.4, -0.2) is 63.9 Å². The predicted octanol–water partition coefficient (Wildman–Crippen LogP) is 3.48. The Balaban J connectivity index is 1.43. The molecule has 0 spiro atoms. The molecule has 8 nitrogen and oxygen atoms in total. The van der Waals surface area contributed by atoms with Crippen molar-refractivity contribution in [3.63, 3.8) is 0 Å². The number of phenolic OH excluding ortho intramolecular Hbond substituents is 1. The summed E-state index contributed by atoms with van der Waals surface area (Å²) in [5, 5.41) is 21.2. The lowest BCUT2D eigenvalue weighted by molar-refractivity contribution is 0.0737. The Labute approximate surface area is 202 Å². The van der Waals surface area contributed by atoms with Gasteiger partial charge in [-0.3, -0.25) is 9.89 Å². The maximum absolute atomic E-state index is 13.7. The van der Waals surface area contributed by atoms with E-state index in [9.17, 15) is 9.90 Å². The number of carbonyl (C=O) groups is 1. The second-order valence-electron chi connectivity index (χ2n) is 8.78. The van der Waals surface area contributed by atoms with E-state index in [0.29, 0.717) is 35.4 Å². The second-order valence-corrected chi connectivity index (χ2v) is 8.78. The Morgan fingerprint density at radius 1 is 1.06 bits per heavy atom. The number of pyridine rings is 1. The van der Waals surface area contributed by atoms with Crippen LogP contribution in [0.25, 0.3) is 34.4 Å². The Kier molecular flexibility index (Phi) is 5.42. The average molecular weight is 468 g/mol. The first-order valence-corrected chi connectivity index (χ1v) is 11.8. The van der Waals surface area contributed by atoms with Crippen molar-refractivity contribution in [3.8, 4) is 22.8 Å². The Morgan fingerprint density at radius 3 is 2.71 bits per heavy atom. The van der Waals surface area contributed by atoms with Gasteiger partial charge in [-0.1, -0.05) is 12.1 Å². The monoisotopic (exact) mass is 467 g/mol. The van der Waals surface area contributed by atoms with Gasteiger partial charge in [-0.2, -0.15) is 5.10 Å². The van der Waals surface area contributed by atoms with Crippen molar-refractivity contribution in [2.75, 3.05) is 32.8 Å². The molecular formula is C27H25N5O3. The topological polar surface area (TPSA) is 103 Å². The van der Waals surface area contributed by atoms with E-state index in [-0.39, 0.29) is 11.7 Å². The number of ether oxygens (including phenoxy) is 1. The number of aromatic nitrogens is 3. The molecule has 2 aromatic heterocycles. The maximum Gasteiger partial charge on any atom is 0.254 e. The van der Waals surface area contributed by atoms with Crippen LogP contribution in [0.1, 0.15) is 27.2 Å². The highest BCUT2D eigenvalue weighted by atomic mass is 16.5. The van der Waals surface area contributed by atoms with E-state index in [0.717, 1.165) is 48.7 Å². The highest BCUT2D eigenvalue weighted by Gasteiger charge is 2.24. The summed E-state index contributed by atoms with van der Waals surface area (Å²) in [7, 11) is 0. The fourth-order valence-electron chi connectivity index (χ4n) is 4.64. The number of nitrogens with zero attached hydrogens (tertiary/aromatic N) is 3. The summed E-state index contributed by atoms with van der Waals surface area (Å²) in [6.07, 6.45) is 4.87. The van der Waals surface area contributed by atoms with Gasteiger partial charge >= 0.3 is 0 Å². The fourth-order valence-corrected chi connectivity index (χ4v) is 4.64.